The first-order chi connectivity index (χ1) is 19.4. The largest absolute Gasteiger partial charge is 0.352 e. The molecule has 5 nitrogen and oxygen atoms in total. The Morgan fingerprint density at radius 2 is 1.50 bits per heavy atom. The fourth-order valence-corrected chi connectivity index (χ4v) is 6.99. The molecule has 0 bridgehead atoms. The highest BCUT2D eigenvalue weighted by Gasteiger charge is 2.70. The maximum absolute atomic E-state index is 15.3. The number of carbonyl (C=O) groups excluding carboxylic acids is 3. The molecule has 196 valence electrons. The molecule has 4 unspecified atom stereocenters. The van der Waals surface area contributed by atoms with Crippen LogP contribution in [-0.4, -0.2) is 29.6 Å². The molecular weight excluding hydrogens is 503 g/mol. The highest BCUT2D eigenvalue weighted by Crippen LogP contribution is 2.58. The first-order valence-electron chi connectivity index (χ1n) is 13.3. The standard InChI is InChI=1S/C34H25FN2O3/c1-20-19-28-34(24-15-7-9-17-26(24)36-33(34)40)29(32(39)23-14-5-8-16-25(23)35)30(31(38)21-11-3-2-4-12-21)37(28)27-18-10-6-13-22(20)27/h2-19,28-30H,1H3,(H,36,40). The number of fused-ring (bicyclic) bond motifs is 6. The molecule has 1 spiro atoms. The van der Waals surface area contributed by atoms with Crippen LogP contribution in [0.2, 0.25) is 0 Å². The Hall–Kier alpha value is -4.84. The van der Waals surface area contributed by atoms with E-state index >= 15 is 4.39 Å². The molecule has 0 aliphatic carbocycles. The lowest BCUT2D eigenvalue weighted by atomic mass is 9.64. The number of benzene rings is 4. The summed E-state index contributed by atoms with van der Waals surface area (Å²) in [7, 11) is 0. The van der Waals surface area contributed by atoms with E-state index in [4.69, 9.17) is 0 Å². The molecule has 7 rings (SSSR count). The van der Waals surface area contributed by atoms with Crippen molar-refractivity contribution in [3.63, 3.8) is 0 Å². The van der Waals surface area contributed by atoms with Crippen molar-refractivity contribution in [2.75, 3.05) is 10.2 Å². The average molecular weight is 529 g/mol. The summed E-state index contributed by atoms with van der Waals surface area (Å²) in [6.07, 6.45) is 1.99. The Labute approximate surface area is 231 Å². The summed E-state index contributed by atoms with van der Waals surface area (Å²) in [5.41, 5.74) is 2.67. The van der Waals surface area contributed by atoms with Gasteiger partial charge < -0.3 is 10.2 Å². The zero-order chi connectivity index (χ0) is 27.6. The van der Waals surface area contributed by atoms with E-state index in [1.807, 2.05) is 66.4 Å². The van der Waals surface area contributed by atoms with Gasteiger partial charge in [-0.05, 0) is 42.3 Å². The van der Waals surface area contributed by atoms with E-state index in [1.54, 1.807) is 36.4 Å². The maximum Gasteiger partial charge on any atom is 0.238 e. The molecular formula is C34H25FN2O3. The Bertz CT molecular complexity index is 1750. The fraction of sp³-hybridized carbons (Fsp3) is 0.147. The lowest BCUT2D eigenvalue weighted by molar-refractivity contribution is -0.121. The SMILES string of the molecule is CC1=CC2N(c3ccccc31)C(C(=O)c1ccccc1)C(C(=O)c1ccccc1F)C21C(=O)Nc2ccccc21. The number of amides is 1. The van der Waals surface area contributed by atoms with Crippen LogP contribution in [0.5, 0.6) is 0 Å². The zero-order valence-corrected chi connectivity index (χ0v) is 21.7. The lowest BCUT2D eigenvalue weighted by Crippen LogP contribution is -2.51. The number of rotatable bonds is 4. The van der Waals surface area contributed by atoms with Crippen LogP contribution >= 0.6 is 0 Å². The third-order valence-corrected chi connectivity index (χ3v) is 8.63. The third-order valence-electron chi connectivity index (χ3n) is 8.63. The molecule has 1 saturated heterocycles. The number of ketones is 2. The first kappa shape index (κ1) is 24.2. The number of nitrogens with zero attached hydrogens (tertiary/aromatic N) is 1. The molecule has 40 heavy (non-hydrogen) atoms. The van der Waals surface area contributed by atoms with E-state index < -0.39 is 35.0 Å². The molecule has 0 radical (unpaired) electrons. The van der Waals surface area contributed by atoms with Crippen LogP contribution in [0.4, 0.5) is 15.8 Å². The van der Waals surface area contributed by atoms with E-state index in [0.29, 0.717) is 16.8 Å². The summed E-state index contributed by atoms with van der Waals surface area (Å²) < 4.78 is 15.3. The van der Waals surface area contributed by atoms with Gasteiger partial charge in [-0.25, -0.2) is 4.39 Å². The second-order valence-electron chi connectivity index (χ2n) is 10.6. The monoisotopic (exact) mass is 528 g/mol. The van der Waals surface area contributed by atoms with Crippen LogP contribution in [-0.2, 0) is 10.2 Å². The van der Waals surface area contributed by atoms with E-state index in [9.17, 15) is 14.4 Å². The molecule has 3 aliphatic heterocycles. The van der Waals surface area contributed by atoms with Crippen molar-refractivity contribution in [3.05, 3.63) is 137 Å². The summed E-state index contributed by atoms with van der Waals surface area (Å²) >= 11 is 0. The molecule has 1 fully saturated rings. The molecule has 4 aromatic rings. The lowest BCUT2D eigenvalue weighted by Gasteiger charge is -2.39. The second kappa shape index (κ2) is 8.85. The highest BCUT2D eigenvalue weighted by atomic mass is 19.1. The Morgan fingerprint density at radius 3 is 2.30 bits per heavy atom. The minimum Gasteiger partial charge on any atom is -0.352 e. The summed E-state index contributed by atoms with van der Waals surface area (Å²) in [4.78, 5) is 45.5. The van der Waals surface area contributed by atoms with Gasteiger partial charge in [-0.1, -0.05) is 84.9 Å². The Balaban J connectivity index is 1.57. The van der Waals surface area contributed by atoms with Crippen LogP contribution in [0.25, 0.3) is 5.57 Å². The van der Waals surface area contributed by atoms with Gasteiger partial charge in [0.25, 0.3) is 0 Å². The van der Waals surface area contributed by atoms with E-state index in [-0.39, 0.29) is 17.3 Å². The van der Waals surface area contributed by atoms with Gasteiger partial charge in [0.2, 0.25) is 5.91 Å². The molecule has 0 saturated carbocycles. The van der Waals surface area contributed by atoms with Crippen LogP contribution in [0.3, 0.4) is 0 Å². The molecule has 0 aromatic heterocycles. The molecule has 3 aliphatic rings. The third kappa shape index (κ3) is 3.16. The van der Waals surface area contributed by atoms with Crippen molar-refractivity contribution < 1.29 is 18.8 Å². The van der Waals surface area contributed by atoms with Gasteiger partial charge in [-0.15, -0.1) is 0 Å². The van der Waals surface area contributed by atoms with Gasteiger partial charge in [-0.2, -0.15) is 0 Å². The van der Waals surface area contributed by atoms with Crippen molar-refractivity contribution in [2.24, 2.45) is 5.92 Å². The van der Waals surface area contributed by atoms with Crippen molar-refractivity contribution >= 4 is 34.4 Å². The molecule has 6 heteroatoms. The Morgan fingerprint density at radius 1 is 0.825 bits per heavy atom. The minimum absolute atomic E-state index is 0.135. The van der Waals surface area contributed by atoms with Gasteiger partial charge in [0.15, 0.2) is 11.6 Å². The van der Waals surface area contributed by atoms with E-state index in [1.165, 1.54) is 18.2 Å². The van der Waals surface area contributed by atoms with Gasteiger partial charge >= 0.3 is 0 Å². The van der Waals surface area contributed by atoms with E-state index in [0.717, 1.165) is 16.8 Å². The molecule has 3 heterocycles. The molecule has 4 aromatic carbocycles. The number of carbonyl (C=O) groups is 3. The van der Waals surface area contributed by atoms with Crippen LogP contribution in [0, 0.1) is 11.7 Å². The van der Waals surface area contributed by atoms with Gasteiger partial charge in [-0.3, -0.25) is 14.4 Å². The van der Waals surface area contributed by atoms with E-state index in [2.05, 4.69) is 5.32 Å². The van der Waals surface area contributed by atoms with Crippen LogP contribution < -0.4 is 10.2 Å². The van der Waals surface area contributed by atoms with Crippen LogP contribution in [0.1, 0.15) is 38.8 Å². The topological polar surface area (TPSA) is 66.5 Å². The normalized spacial score (nSPS) is 24.1. The summed E-state index contributed by atoms with van der Waals surface area (Å²) in [6.45, 7) is 1.97. The summed E-state index contributed by atoms with van der Waals surface area (Å²) in [6, 6.07) is 27.9. The maximum atomic E-state index is 15.3. The number of hydrogen-bond donors (Lipinski definition) is 1. The average Bonchev–Trinajstić information content (AvgIpc) is 3.45. The van der Waals surface area contributed by atoms with Gasteiger partial charge in [0, 0.05) is 22.5 Å². The molecule has 1 amide bonds. The number of para-hydroxylation sites is 2. The van der Waals surface area contributed by atoms with Crippen molar-refractivity contribution in [1.82, 2.24) is 0 Å². The predicted octanol–water partition coefficient (Wildman–Crippen LogP) is 6.07. The Kier molecular flexibility index (Phi) is 5.36. The number of anilines is 2. The van der Waals surface area contributed by atoms with Gasteiger partial charge in [0.1, 0.15) is 17.3 Å². The van der Waals surface area contributed by atoms with Crippen LogP contribution in [0.15, 0.2) is 109 Å². The molecule has 1 N–H and O–H groups in total. The number of Topliss-reactive ketones (excluding diaryl/α,β-unsaturated/α-hetero) is 2. The highest BCUT2D eigenvalue weighted by molar-refractivity contribution is 6.18. The minimum atomic E-state index is -1.47. The molecule has 4 atom stereocenters. The fourth-order valence-electron chi connectivity index (χ4n) is 6.99. The zero-order valence-electron chi connectivity index (χ0n) is 21.7. The number of halogens is 1. The quantitative estimate of drug-likeness (QED) is 0.327. The summed E-state index contributed by atoms with van der Waals surface area (Å²) in [5.74, 6) is -3.13. The smallest absolute Gasteiger partial charge is 0.238 e. The van der Waals surface area contributed by atoms with Gasteiger partial charge in [0.05, 0.1) is 17.5 Å². The van der Waals surface area contributed by atoms with Crippen molar-refractivity contribution in [3.8, 4) is 0 Å². The predicted molar refractivity (Wildman–Crippen MR) is 152 cm³/mol. The second-order valence-corrected chi connectivity index (χ2v) is 10.6. The van der Waals surface area contributed by atoms with Crippen molar-refractivity contribution in [2.45, 2.75) is 24.4 Å². The first-order valence-corrected chi connectivity index (χ1v) is 13.3. The number of allylic oxidation sites excluding steroid dienone is 1. The number of hydrogen-bond acceptors (Lipinski definition) is 4. The summed E-state index contributed by atoms with van der Waals surface area (Å²) in [5, 5.41) is 3.00. The number of nitrogens with one attached hydrogen (secondary N) is 1. The van der Waals surface area contributed by atoms with Crippen molar-refractivity contribution in [1.29, 1.82) is 0 Å².